The monoisotopic (exact) mass is 374 g/mol. The molecule has 0 radical (unpaired) electrons. The molecule has 28 heavy (non-hydrogen) atoms. The minimum absolute atomic E-state index is 0.697. The zero-order valence-corrected chi connectivity index (χ0v) is 16.7. The van der Waals surface area contributed by atoms with Gasteiger partial charge in [0, 0.05) is 25.4 Å². The molecule has 1 unspecified atom stereocenters. The molecule has 0 aliphatic heterocycles. The van der Waals surface area contributed by atoms with E-state index in [1.807, 2.05) is 18.2 Å². The van der Waals surface area contributed by atoms with Crippen molar-refractivity contribution in [1.82, 2.24) is 4.57 Å². The smallest absolute Gasteiger partial charge is 0.118 e. The first kappa shape index (κ1) is 19.9. The molecule has 3 rings (SSSR count). The number of hydrogen-bond donors (Lipinski definition) is 1. The highest BCUT2D eigenvalue weighted by Crippen LogP contribution is 2.12. The summed E-state index contributed by atoms with van der Waals surface area (Å²) >= 11 is 0. The average molecular weight is 375 g/mol. The van der Waals surface area contributed by atoms with E-state index in [1.165, 1.54) is 21.7 Å². The average Bonchev–Trinajstić information content (AvgIpc) is 3.15. The molecule has 1 aromatic heterocycles. The molecule has 144 valence electrons. The van der Waals surface area contributed by atoms with E-state index in [1.54, 1.807) is 7.11 Å². The van der Waals surface area contributed by atoms with Crippen molar-refractivity contribution in [3.8, 4) is 6.07 Å². The van der Waals surface area contributed by atoms with E-state index in [0.717, 1.165) is 37.3 Å². The quantitative estimate of drug-likeness (QED) is 0.626. The Bertz CT molecular complexity index is 939. The molecule has 0 saturated heterocycles. The Labute approximate surface area is 167 Å². The summed E-state index contributed by atoms with van der Waals surface area (Å²) in [5.74, 6) is 0. The molecule has 1 heterocycles. The molecular formula is C24H28N3O+. The molecule has 2 aromatic carbocycles. The maximum atomic E-state index is 9.41. The third kappa shape index (κ3) is 5.10. The summed E-state index contributed by atoms with van der Waals surface area (Å²) in [5, 5.41) is 9.41. The van der Waals surface area contributed by atoms with Gasteiger partial charge in [-0.3, -0.25) is 0 Å². The van der Waals surface area contributed by atoms with Gasteiger partial charge in [-0.1, -0.05) is 42.5 Å². The predicted molar refractivity (Wildman–Crippen MR) is 111 cm³/mol. The zero-order chi connectivity index (χ0) is 19.8. The Kier molecular flexibility index (Phi) is 7.02. The Hall–Kier alpha value is -2.87. The normalized spacial score (nSPS) is 11.9. The molecule has 0 amide bonds. The molecule has 1 atom stereocenters. The van der Waals surface area contributed by atoms with Gasteiger partial charge in [-0.15, -0.1) is 0 Å². The lowest BCUT2D eigenvalue weighted by Gasteiger charge is -2.21. The number of aryl methyl sites for hydroxylation is 1. The van der Waals surface area contributed by atoms with Gasteiger partial charge in [0.05, 0.1) is 23.9 Å². The number of methoxy groups -OCH3 is 1. The SMILES string of the molecule is COCC[NH+](Cc1ccccc1C#N)Cc1cccn1Cc1ccccc1C. The van der Waals surface area contributed by atoms with Gasteiger partial charge >= 0.3 is 0 Å². The van der Waals surface area contributed by atoms with Crippen LogP contribution in [0.3, 0.4) is 0 Å². The molecule has 0 spiro atoms. The summed E-state index contributed by atoms with van der Waals surface area (Å²) < 4.78 is 7.66. The largest absolute Gasteiger partial charge is 0.379 e. The number of hydrogen-bond acceptors (Lipinski definition) is 2. The van der Waals surface area contributed by atoms with Crippen LogP contribution in [0.25, 0.3) is 0 Å². The topological polar surface area (TPSA) is 42.4 Å². The minimum atomic E-state index is 0.697. The van der Waals surface area contributed by atoms with Gasteiger partial charge in [0.2, 0.25) is 0 Å². The molecule has 0 aliphatic carbocycles. The van der Waals surface area contributed by atoms with Crippen molar-refractivity contribution >= 4 is 0 Å². The fourth-order valence-electron chi connectivity index (χ4n) is 3.53. The number of ether oxygens (including phenoxy) is 1. The van der Waals surface area contributed by atoms with Crippen LogP contribution >= 0.6 is 0 Å². The molecule has 0 fully saturated rings. The van der Waals surface area contributed by atoms with Crippen molar-refractivity contribution in [1.29, 1.82) is 5.26 Å². The Balaban J connectivity index is 1.77. The van der Waals surface area contributed by atoms with Crippen LogP contribution in [0.2, 0.25) is 0 Å². The highest BCUT2D eigenvalue weighted by atomic mass is 16.5. The summed E-state index contributed by atoms with van der Waals surface area (Å²) in [6.45, 7) is 6.33. The van der Waals surface area contributed by atoms with E-state index in [-0.39, 0.29) is 0 Å². The lowest BCUT2D eigenvalue weighted by Crippen LogP contribution is -3.10. The Morgan fingerprint density at radius 3 is 2.46 bits per heavy atom. The van der Waals surface area contributed by atoms with Gasteiger partial charge in [0.15, 0.2) is 0 Å². The first-order valence-corrected chi connectivity index (χ1v) is 9.70. The van der Waals surface area contributed by atoms with Gasteiger partial charge < -0.3 is 14.2 Å². The molecule has 0 aliphatic rings. The van der Waals surface area contributed by atoms with E-state index in [2.05, 4.69) is 66.2 Å². The van der Waals surface area contributed by atoms with E-state index >= 15 is 0 Å². The van der Waals surface area contributed by atoms with Crippen LogP contribution in [-0.2, 0) is 24.4 Å². The fourth-order valence-corrected chi connectivity index (χ4v) is 3.53. The number of benzene rings is 2. The van der Waals surface area contributed by atoms with E-state index < -0.39 is 0 Å². The van der Waals surface area contributed by atoms with Crippen LogP contribution in [-0.4, -0.2) is 24.8 Å². The van der Waals surface area contributed by atoms with Crippen LogP contribution in [0.15, 0.2) is 66.9 Å². The van der Waals surface area contributed by atoms with Gasteiger partial charge in [0.1, 0.15) is 19.6 Å². The van der Waals surface area contributed by atoms with E-state index in [0.29, 0.717) is 6.61 Å². The number of quaternary nitrogens is 1. The molecule has 3 aromatic rings. The summed E-state index contributed by atoms with van der Waals surface area (Å²) in [6, 6.07) is 23.0. The second-order valence-electron chi connectivity index (χ2n) is 7.17. The van der Waals surface area contributed by atoms with Crippen molar-refractivity contribution in [3.63, 3.8) is 0 Å². The van der Waals surface area contributed by atoms with Gasteiger partial charge in [-0.25, -0.2) is 0 Å². The molecular weight excluding hydrogens is 346 g/mol. The molecule has 4 heteroatoms. The predicted octanol–water partition coefficient (Wildman–Crippen LogP) is 2.95. The van der Waals surface area contributed by atoms with Crippen LogP contribution in [0, 0.1) is 18.3 Å². The second-order valence-corrected chi connectivity index (χ2v) is 7.17. The van der Waals surface area contributed by atoms with Crippen LogP contribution in [0.1, 0.15) is 27.9 Å². The Morgan fingerprint density at radius 1 is 0.964 bits per heavy atom. The van der Waals surface area contributed by atoms with Crippen LogP contribution in [0.4, 0.5) is 0 Å². The fraction of sp³-hybridized carbons (Fsp3) is 0.292. The summed E-state index contributed by atoms with van der Waals surface area (Å²) in [5.41, 5.74) is 5.80. The van der Waals surface area contributed by atoms with Crippen LogP contribution in [0.5, 0.6) is 0 Å². The molecule has 4 nitrogen and oxygen atoms in total. The number of nitriles is 1. The lowest BCUT2D eigenvalue weighted by molar-refractivity contribution is -0.928. The summed E-state index contributed by atoms with van der Waals surface area (Å²) in [4.78, 5) is 1.38. The first-order chi connectivity index (χ1) is 13.7. The van der Waals surface area contributed by atoms with Crippen LogP contribution < -0.4 is 4.90 Å². The maximum Gasteiger partial charge on any atom is 0.118 e. The van der Waals surface area contributed by atoms with Crippen molar-refractivity contribution in [2.45, 2.75) is 26.6 Å². The van der Waals surface area contributed by atoms with Gasteiger partial charge in [0.25, 0.3) is 0 Å². The highest BCUT2D eigenvalue weighted by molar-refractivity contribution is 5.36. The van der Waals surface area contributed by atoms with Gasteiger partial charge in [-0.2, -0.15) is 5.26 Å². The maximum absolute atomic E-state index is 9.41. The Morgan fingerprint density at radius 2 is 1.71 bits per heavy atom. The zero-order valence-electron chi connectivity index (χ0n) is 16.7. The van der Waals surface area contributed by atoms with Gasteiger partial charge in [-0.05, 0) is 36.2 Å². The lowest BCUT2D eigenvalue weighted by atomic mass is 10.1. The summed E-state index contributed by atoms with van der Waals surface area (Å²) in [6.07, 6.45) is 2.15. The van der Waals surface area contributed by atoms with Crippen molar-refractivity contribution in [2.24, 2.45) is 0 Å². The van der Waals surface area contributed by atoms with Crippen molar-refractivity contribution in [2.75, 3.05) is 20.3 Å². The first-order valence-electron chi connectivity index (χ1n) is 9.70. The van der Waals surface area contributed by atoms with E-state index in [4.69, 9.17) is 4.74 Å². The molecule has 0 saturated carbocycles. The number of aromatic nitrogens is 1. The highest BCUT2D eigenvalue weighted by Gasteiger charge is 2.15. The third-order valence-electron chi connectivity index (χ3n) is 5.19. The molecule has 1 N–H and O–H groups in total. The number of rotatable bonds is 9. The van der Waals surface area contributed by atoms with Crippen molar-refractivity contribution in [3.05, 3.63) is 94.8 Å². The second kappa shape index (κ2) is 9.89. The number of nitrogens with zero attached hydrogens (tertiary/aromatic N) is 2. The van der Waals surface area contributed by atoms with E-state index in [9.17, 15) is 5.26 Å². The third-order valence-corrected chi connectivity index (χ3v) is 5.19. The number of nitrogens with one attached hydrogen (secondary N) is 1. The molecule has 0 bridgehead atoms. The van der Waals surface area contributed by atoms with Crippen molar-refractivity contribution < 1.29 is 9.64 Å². The minimum Gasteiger partial charge on any atom is -0.379 e. The standard InChI is InChI=1S/C24H27N3O/c1-20-8-3-4-10-22(20)18-27-13-7-12-24(27)19-26(14-15-28-2)17-23-11-6-5-9-21(23)16-25/h3-13H,14-15,17-19H2,1-2H3/p+1. The summed E-state index contributed by atoms with van der Waals surface area (Å²) in [7, 11) is 1.74.